The standard InChI is InChI=1S/C15H15N5O10S/c16-15-18-7(5-31-15)11(19-27-4-9(21)22)12(24)17-6-3-28-20(13(6)25)30-14(26)8-1-2-10(23)29-8/h5-6,8H,1-4H2,(H2,16,18)(H,17,24)(H,21,22)/t6-,8?/m0/s1. The molecule has 31 heavy (non-hydrogen) atoms. The van der Waals surface area contributed by atoms with Gasteiger partial charge in [-0.05, 0) is 5.23 Å². The van der Waals surface area contributed by atoms with Gasteiger partial charge in [0.2, 0.25) is 12.7 Å². The molecule has 4 N–H and O–H groups in total. The first-order chi connectivity index (χ1) is 14.7. The molecule has 166 valence electrons. The summed E-state index contributed by atoms with van der Waals surface area (Å²) in [6, 6.07) is -1.27. The molecule has 0 radical (unpaired) electrons. The fraction of sp³-hybridized carbons (Fsp3) is 0.400. The molecule has 3 rings (SSSR count). The van der Waals surface area contributed by atoms with E-state index >= 15 is 0 Å². The van der Waals surface area contributed by atoms with Gasteiger partial charge in [-0.25, -0.2) is 19.4 Å². The Labute approximate surface area is 176 Å². The van der Waals surface area contributed by atoms with E-state index in [2.05, 4.69) is 20.3 Å². The minimum absolute atomic E-state index is 0.0110. The van der Waals surface area contributed by atoms with E-state index in [1.54, 1.807) is 0 Å². The number of carbonyl (C=O) groups excluding carboxylic acids is 4. The molecule has 2 amide bonds. The van der Waals surface area contributed by atoms with Crippen LogP contribution >= 0.6 is 11.3 Å². The van der Waals surface area contributed by atoms with Crippen LogP contribution in [0.1, 0.15) is 18.5 Å². The van der Waals surface area contributed by atoms with E-state index in [0.717, 1.165) is 11.3 Å². The van der Waals surface area contributed by atoms with Crippen molar-refractivity contribution in [1.82, 2.24) is 15.5 Å². The van der Waals surface area contributed by atoms with Crippen LogP contribution in [0, 0.1) is 0 Å². The van der Waals surface area contributed by atoms with Crippen LogP contribution < -0.4 is 11.1 Å². The number of cyclic esters (lactones) is 1. The van der Waals surface area contributed by atoms with E-state index < -0.39 is 54.2 Å². The first-order valence-electron chi connectivity index (χ1n) is 8.56. The Bertz CT molecular complexity index is 946. The summed E-state index contributed by atoms with van der Waals surface area (Å²) in [5.74, 6) is -4.77. The molecule has 1 unspecified atom stereocenters. The number of nitrogens with two attached hydrogens (primary N) is 1. The van der Waals surface area contributed by atoms with Gasteiger partial charge in [-0.15, -0.1) is 11.3 Å². The maximum atomic E-state index is 12.6. The van der Waals surface area contributed by atoms with E-state index in [0.29, 0.717) is 0 Å². The van der Waals surface area contributed by atoms with Gasteiger partial charge in [0.1, 0.15) is 18.3 Å². The molecule has 1 aromatic heterocycles. The monoisotopic (exact) mass is 457 g/mol. The Balaban J connectivity index is 1.62. The van der Waals surface area contributed by atoms with Gasteiger partial charge in [-0.1, -0.05) is 5.16 Å². The molecule has 2 fully saturated rings. The molecule has 1 aromatic rings. The third-order valence-corrected chi connectivity index (χ3v) is 4.46. The van der Waals surface area contributed by atoms with Gasteiger partial charge in [0, 0.05) is 18.2 Å². The molecule has 0 aliphatic carbocycles. The van der Waals surface area contributed by atoms with Crippen molar-refractivity contribution in [2.24, 2.45) is 5.16 Å². The van der Waals surface area contributed by atoms with Crippen molar-refractivity contribution in [1.29, 1.82) is 0 Å². The Morgan fingerprint density at radius 2 is 2.19 bits per heavy atom. The first-order valence-corrected chi connectivity index (χ1v) is 9.44. The Morgan fingerprint density at radius 1 is 1.42 bits per heavy atom. The predicted molar refractivity (Wildman–Crippen MR) is 96.6 cm³/mol. The number of hydroxylamine groups is 2. The molecule has 2 aliphatic rings. The van der Waals surface area contributed by atoms with Gasteiger partial charge in [-0.3, -0.25) is 14.4 Å². The molecule has 15 nitrogen and oxygen atoms in total. The lowest BCUT2D eigenvalue weighted by molar-refractivity contribution is -0.306. The molecule has 2 atom stereocenters. The van der Waals surface area contributed by atoms with E-state index in [9.17, 15) is 24.0 Å². The minimum Gasteiger partial charge on any atom is -0.479 e. The predicted octanol–water partition coefficient (Wildman–Crippen LogP) is -2.05. The van der Waals surface area contributed by atoms with Crippen molar-refractivity contribution in [3.05, 3.63) is 11.1 Å². The molecule has 2 saturated heterocycles. The summed E-state index contributed by atoms with van der Waals surface area (Å²) in [5.41, 5.74) is 5.08. The maximum Gasteiger partial charge on any atom is 0.375 e. The van der Waals surface area contributed by atoms with Crippen molar-refractivity contribution in [2.45, 2.75) is 25.0 Å². The highest BCUT2D eigenvalue weighted by molar-refractivity contribution is 7.13. The molecule has 0 bridgehead atoms. The number of hydrogen-bond donors (Lipinski definition) is 3. The molecule has 16 heteroatoms. The van der Waals surface area contributed by atoms with E-state index in [-0.39, 0.29) is 35.5 Å². The molecule has 0 aromatic carbocycles. The molecular formula is C15H15N5O10S. The maximum absolute atomic E-state index is 12.6. The number of nitrogens with one attached hydrogen (secondary N) is 1. The summed E-state index contributed by atoms with van der Waals surface area (Å²) in [5, 5.41) is 16.1. The zero-order valence-electron chi connectivity index (χ0n) is 15.5. The van der Waals surface area contributed by atoms with E-state index in [4.69, 9.17) is 25.3 Å². The minimum atomic E-state index is -1.33. The average molecular weight is 457 g/mol. The SMILES string of the molecule is Nc1nc(C(=NOCC(=O)O)C(=O)N[C@H]2CON(OC(=O)C3CCC(=O)O3)C2=O)cs1. The van der Waals surface area contributed by atoms with Gasteiger partial charge >= 0.3 is 23.8 Å². The number of carboxylic acid groups (broad SMARTS) is 1. The third-order valence-electron chi connectivity index (χ3n) is 3.79. The summed E-state index contributed by atoms with van der Waals surface area (Å²) in [6.07, 6.45) is -1.01. The average Bonchev–Trinajstić information content (AvgIpc) is 3.41. The highest BCUT2D eigenvalue weighted by Crippen LogP contribution is 2.18. The summed E-state index contributed by atoms with van der Waals surface area (Å²) in [4.78, 5) is 76.6. The van der Waals surface area contributed by atoms with Gasteiger partial charge in [-0.2, -0.15) is 0 Å². The Hall–Kier alpha value is -3.79. The number of carboxylic acids is 1. The van der Waals surface area contributed by atoms with Crippen LogP contribution in [0.4, 0.5) is 5.13 Å². The molecule has 3 heterocycles. The van der Waals surface area contributed by atoms with Crippen molar-refractivity contribution >= 4 is 51.9 Å². The van der Waals surface area contributed by atoms with Crippen LogP contribution in [0.5, 0.6) is 0 Å². The Kier molecular flexibility index (Phi) is 6.61. The number of oxime groups is 1. The number of amides is 2. The smallest absolute Gasteiger partial charge is 0.375 e. The van der Waals surface area contributed by atoms with Crippen LogP contribution in [0.15, 0.2) is 10.5 Å². The summed E-state index contributed by atoms with van der Waals surface area (Å²) in [7, 11) is 0. The number of hydrogen-bond acceptors (Lipinski definition) is 13. The number of aliphatic carboxylic acids is 1. The number of anilines is 1. The number of carbonyl (C=O) groups is 5. The molecule has 0 saturated carbocycles. The van der Waals surface area contributed by atoms with E-state index in [1.807, 2.05) is 0 Å². The quantitative estimate of drug-likeness (QED) is 0.219. The third kappa shape index (κ3) is 5.43. The fourth-order valence-electron chi connectivity index (χ4n) is 2.39. The van der Waals surface area contributed by atoms with Gasteiger partial charge in [0.05, 0.1) is 0 Å². The van der Waals surface area contributed by atoms with Crippen LogP contribution in [0.3, 0.4) is 0 Å². The summed E-state index contributed by atoms with van der Waals surface area (Å²) >= 11 is 0.993. The number of esters is 1. The van der Waals surface area contributed by atoms with Crippen molar-refractivity contribution in [3.63, 3.8) is 0 Å². The van der Waals surface area contributed by atoms with Gasteiger partial charge in [0.25, 0.3) is 5.91 Å². The molecule has 2 aliphatic heterocycles. The zero-order valence-corrected chi connectivity index (χ0v) is 16.3. The second-order valence-electron chi connectivity index (χ2n) is 6.02. The highest BCUT2D eigenvalue weighted by atomic mass is 32.1. The van der Waals surface area contributed by atoms with E-state index in [1.165, 1.54) is 5.38 Å². The lowest BCUT2D eigenvalue weighted by Gasteiger charge is -2.15. The van der Waals surface area contributed by atoms with Crippen molar-refractivity contribution in [2.75, 3.05) is 18.9 Å². The second-order valence-corrected chi connectivity index (χ2v) is 6.91. The summed E-state index contributed by atoms with van der Waals surface area (Å²) < 4.78 is 4.73. The normalized spacial score (nSPS) is 21.0. The van der Waals surface area contributed by atoms with Crippen LogP contribution in [-0.2, 0) is 43.2 Å². The molecule has 0 spiro atoms. The second kappa shape index (κ2) is 9.35. The van der Waals surface area contributed by atoms with Crippen LogP contribution in [0.2, 0.25) is 0 Å². The number of ether oxygens (including phenoxy) is 1. The largest absolute Gasteiger partial charge is 0.479 e. The number of aromatic nitrogens is 1. The van der Waals surface area contributed by atoms with Crippen molar-refractivity contribution < 1.29 is 48.3 Å². The van der Waals surface area contributed by atoms with Crippen LogP contribution in [-0.4, -0.2) is 76.1 Å². The van der Waals surface area contributed by atoms with Gasteiger partial charge < -0.3 is 30.6 Å². The Morgan fingerprint density at radius 3 is 2.81 bits per heavy atom. The lowest BCUT2D eigenvalue weighted by Crippen LogP contribution is -2.46. The zero-order chi connectivity index (χ0) is 22.5. The summed E-state index contributed by atoms with van der Waals surface area (Å²) in [6.45, 7) is -1.21. The molecular weight excluding hydrogens is 442 g/mol. The number of thiazole rings is 1. The fourth-order valence-corrected chi connectivity index (χ4v) is 2.94. The first kappa shape index (κ1) is 21.9. The van der Waals surface area contributed by atoms with Crippen molar-refractivity contribution in [3.8, 4) is 0 Å². The van der Waals surface area contributed by atoms with Gasteiger partial charge in [0.15, 0.2) is 10.8 Å². The van der Waals surface area contributed by atoms with Crippen LogP contribution in [0.25, 0.3) is 0 Å². The topological polar surface area (TPSA) is 209 Å². The number of rotatable bonds is 8. The number of nitrogen functional groups attached to an aromatic ring is 1. The lowest BCUT2D eigenvalue weighted by atomic mass is 10.2. The number of nitrogens with zero attached hydrogens (tertiary/aromatic N) is 3. The highest BCUT2D eigenvalue weighted by Gasteiger charge is 2.41.